The molecular weight excluding hydrogens is 468 g/mol. The average molecular weight is 486 g/mol. The third-order valence-electron chi connectivity index (χ3n) is 5.45. The monoisotopic (exact) mass is 485 g/mol. The van der Waals surface area contributed by atoms with Gasteiger partial charge in [-0.05, 0) is 30.3 Å². The molecule has 0 N–H and O–H groups in total. The molecular formula is C20H18Cl2FN3O4S. The van der Waals surface area contributed by atoms with E-state index in [2.05, 4.69) is 0 Å². The van der Waals surface area contributed by atoms with Crippen LogP contribution in [0.1, 0.15) is 6.42 Å². The SMILES string of the molecule is O=C1C[C@H](N2CCN(S(=O)(=O)c3ccccc3F)CC2)C(=O)N1c1ccc(Cl)c(Cl)c1. The van der Waals surface area contributed by atoms with E-state index in [1.807, 2.05) is 0 Å². The molecule has 31 heavy (non-hydrogen) atoms. The van der Waals surface area contributed by atoms with Gasteiger partial charge in [-0.2, -0.15) is 4.31 Å². The summed E-state index contributed by atoms with van der Waals surface area (Å²) in [4.78, 5) is 28.0. The Morgan fingerprint density at radius 1 is 0.935 bits per heavy atom. The Hall–Kier alpha value is -2.04. The summed E-state index contributed by atoms with van der Waals surface area (Å²) in [6.07, 6.45) is -0.0147. The van der Waals surface area contributed by atoms with Gasteiger partial charge in [-0.1, -0.05) is 35.3 Å². The highest BCUT2D eigenvalue weighted by Crippen LogP contribution is 2.32. The molecule has 2 heterocycles. The van der Waals surface area contributed by atoms with Crippen LogP contribution in [-0.4, -0.2) is 61.7 Å². The molecule has 2 aromatic carbocycles. The molecule has 2 amide bonds. The van der Waals surface area contributed by atoms with Crippen molar-refractivity contribution in [2.45, 2.75) is 17.4 Å². The zero-order valence-corrected chi connectivity index (χ0v) is 18.5. The Balaban J connectivity index is 1.47. The lowest BCUT2D eigenvalue weighted by atomic mass is 10.2. The number of nitrogens with zero attached hydrogens (tertiary/aromatic N) is 3. The molecule has 0 radical (unpaired) electrons. The molecule has 0 unspecified atom stereocenters. The molecule has 0 bridgehead atoms. The molecule has 2 aromatic rings. The molecule has 2 fully saturated rings. The lowest BCUT2D eigenvalue weighted by Gasteiger charge is -2.36. The fourth-order valence-electron chi connectivity index (χ4n) is 3.85. The van der Waals surface area contributed by atoms with E-state index >= 15 is 0 Å². The van der Waals surface area contributed by atoms with Crippen LogP contribution in [0.2, 0.25) is 10.0 Å². The summed E-state index contributed by atoms with van der Waals surface area (Å²) in [6, 6.07) is 9.04. The van der Waals surface area contributed by atoms with Crippen LogP contribution in [0.5, 0.6) is 0 Å². The highest BCUT2D eigenvalue weighted by Gasteiger charge is 2.44. The molecule has 2 aliphatic heterocycles. The molecule has 1 atom stereocenters. The van der Waals surface area contributed by atoms with Crippen molar-refractivity contribution in [3.8, 4) is 0 Å². The minimum Gasteiger partial charge on any atom is -0.289 e. The number of sulfonamides is 1. The minimum atomic E-state index is -3.98. The molecule has 2 saturated heterocycles. The van der Waals surface area contributed by atoms with E-state index in [9.17, 15) is 22.4 Å². The van der Waals surface area contributed by atoms with Gasteiger partial charge < -0.3 is 0 Å². The second-order valence-electron chi connectivity index (χ2n) is 7.26. The first kappa shape index (κ1) is 22.2. The zero-order valence-electron chi connectivity index (χ0n) is 16.2. The number of carbonyl (C=O) groups is 2. The van der Waals surface area contributed by atoms with E-state index in [0.717, 1.165) is 11.0 Å². The largest absolute Gasteiger partial charge is 0.289 e. The second-order valence-corrected chi connectivity index (χ2v) is 9.98. The lowest BCUT2D eigenvalue weighted by molar-refractivity contribution is -0.123. The van der Waals surface area contributed by atoms with Crippen LogP contribution >= 0.6 is 23.2 Å². The Labute approximate surface area is 189 Å². The Morgan fingerprint density at radius 3 is 2.26 bits per heavy atom. The van der Waals surface area contributed by atoms with Gasteiger partial charge >= 0.3 is 0 Å². The van der Waals surface area contributed by atoms with Crippen LogP contribution in [0.15, 0.2) is 47.4 Å². The fraction of sp³-hybridized carbons (Fsp3) is 0.300. The van der Waals surface area contributed by atoms with Gasteiger partial charge in [0.25, 0.3) is 5.91 Å². The maximum absolute atomic E-state index is 14.0. The van der Waals surface area contributed by atoms with Crippen molar-refractivity contribution >= 4 is 50.7 Å². The van der Waals surface area contributed by atoms with Crippen LogP contribution in [0.25, 0.3) is 0 Å². The predicted octanol–water partition coefficient (Wildman–Crippen LogP) is 2.77. The minimum absolute atomic E-state index is 0.0147. The standard InChI is InChI=1S/C20H18Cl2FN3O4S/c21-14-6-5-13(11-15(14)22)26-19(27)12-17(20(26)28)24-7-9-25(10-8-24)31(29,30)18-4-2-1-3-16(18)23/h1-6,11,17H,7-10,12H2/t17-/m0/s1. The number of hydrogen-bond donors (Lipinski definition) is 0. The zero-order chi connectivity index (χ0) is 22.3. The van der Waals surface area contributed by atoms with Crippen LogP contribution in [-0.2, 0) is 19.6 Å². The van der Waals surface area contributed by atoms with Gasteiger partial charge in [0.05, 0.1) is 28.2 Å². The number of piperazine rings is 1. The molecule has 4 rings (SSSR count). The predicted molar refractivity (Wildman–Crippen MR) is 114 cm³/mol. The highest BCUT2D eigenvalue weighted by molar-refractivity contribution is 7.89. The summed E-state index contributed by atoms with van der Waals surface area (Å²) in [5.41, 5.74) is 0.340. The van der Waals surface area contributed by atoms with Gasteiger partial charge in [0, 0.05) is 26.2 Å². The normalized spacial score (nSPS) is 21.1. The van der Waals surface area contributed by atoms with Gasteiger partial charge in [-0.25, -0.2) is 17.7 Å². The molecule has 164 valence electrons. The number of benzene rings is 2. The lowest BCUT2D eigenvalue weighted by Crippen LogP contribution is -2.53. The fourth-order valence-corrected chi connectivity index (χ4v) is 5.62. The van der Waals surface area contributed by atoms with Crippen molar-refractivity contribution in [1.29, 1.82) is 0 Å². The van der Waals surface area contributed by atoms with Crippen LogP contribution in [0.4, 0.5) is 10.1 Å². The van der Waals surface area contributed by atoms with Crippen LogP contribution in [0.3, 0.4) is 0 Å². The van der Waals surface area contributed by atoms with E-state index in [1.165, 1.54) is 34.6 Å². The first-order chi connectivity index (χ1) is 14.7. The first-order valence-electron chi connectivity index (χ1n) is 9.51. The number of halogens is 3. The van der Waals surface area contributed by atoms with E-state index in [0.29, 0.717) is 10.7 Å². The third kappa shape index (κ3) is 4.08. The quantitative estimate of drug-likeness (QED) is 0.622. The smallest absolute Gasteiger partial charge is 0.251 e. The summed E-state index contributed by atoms with van der Waals surface area (Å²) < 4.78 is 40.7. The average Bonchev–Trinajstić information content (AvgIpc) is 3.04. The molecule has 0 aromatic heterocycles. The van der Waals surface area contributed by atoms with E-state index in [-0.39, 0.29) is 48.4 Å². The van der Waals surface area contributed by atoms with Crippen molar-refractivity contribution in [3.63, 3.8) is 0 Å². The molecule has 11 heteroatoms. The highest BCUT2D eigenvalue weighted by atomic mass is 35.5. The van der Waals surface area contributed by atoms with E-state index < -0.39 is 27.8 Å². The molecule has 0 spiro atoms. The molecule has 0 saturated carbocycles. The summed E-state index contributed by atoms with van der Waals surface area (Å²) >= 11 is 11.9. The number of carbonyl (C=O) groups excluding carboxylic acids is 2. The summed E-state index contributed by atoms with van der Waals surface area (Å²) in [5, 5.41) is 0.545. The van der Waals surface area contributed by atoms with Crippen molar-refractivity contribution in [1.82, 2.24) is 9.21 Å². The van der Waals surface area contributed by atoms with Gasteiger partial charge in [0.2, 0.25) is 15.9 Å². The third-order valence-corrected chi connectivity index (χ3v) is 8.12. The Kier molecular flexibility index (Phi) is 6.06. The van der Waals surface area contributed by atoms with Gasteiger partial charge in [-0.3, -0.25) is 14.5 Å². The maximum atomic E-state index is 14.0. The van der Waals surface area contributed by atoms with E-state index in [4.69, 9.17) is 23.2 Å². The van der Waals surface area contributed by atoms with Crippen molar-refractivity contribution in [2.24, 2.45) is 0 Å². The number of imide groups is 1. The molecule has 2 aliphatic rings. The Morgan fingerprint density at radius 2 is 1.61 bits per heavy atom. The van der Waals surface area contributed by atoms with Gasteiger partial charge in [0.15, 0.2) is 0 Å². The van der Waals surface area contributed by atoms with Crippen molar-refractivity contribution in [2.75, 3.05) is 31.1 Å². The number of amides is 2. The van der Waals surface area contributed by atoms with Gasteiger partial charge in [-0.15, -0.1) is 0 Å². The maximum Gasteiger partial charge on any atom is 0.251 e. The Bertz CT molecular complexity index is 1150. The number of anilines is 1. The molecule has 7 nitrogen and oxygen atoms in total. The van der Waals surface area contributed by atoms with E-state index in [1.54, 1.807) is 11.0 Å². The first-order valence-corrected chi connectivity index (χ1v) is 11.7. The second kappa shape index (κ2) is 8.48. The van der Waals surface area contributed by atoms with Crippen molar-refractivity contribution < 1.29 is 22.4 Å². The van der Waals surface area contributed by atoms with Crippen molar-refractivity contribution in [3.05, 3.63) is 58.3 Å². The summed E-state index contributed by atoms with van der Waals surface area (Å²) in [7, 11) is -3.98. The molecule has 0 aliphatic carbocycles. The topological polar surface area (TPSA) is 78.0 Å². The van der Waals surface area contributed by atoms with Crippen LogP contribution in [0, 0.1) is 5.82 Å². The number of rotatable bonds is 4. The summed E-state index contributed by atoms with van der Waals surface area (Å²) in [5.74, 6) is -1.57. The van der Waals surface area contributed by atoms with Crippen LogP contribution < -0.4 is 4.90 Å². The van der Waals surface area contributed by atoms with Gasteiger partial charge in [0.1, 0.15) is 10.7 Å². The summed E-state index contributed by atoms with van der Waals surface area (Å²) in [6.45, 7) is 0.655. The number of hydrogen-bond acceptors (Lipinski definition) is 5.